The molecule has 0 aromatic carbocycles. The van der Waals surface area contributed by atoms with Crippen molar-refractivity contribution in [2.24, 2.45) is 5.73 Å². The van der Waals surface area contributed by atoms with Gasteiger partial charge in [-0.25, -0.2) is 15.0 Å². The Balaban J connectivity index is 2.07. The van der Waals surface area contributed by atoms with Crippen LogP contribution in [0, 0.1) is 0 Å². The highest BCUT2D eigenvalue weighted by atomic mass is 35.5. The van der Waals surface area contributed by atoms with Gasteiger partial charge >= 0.3 is 0 Å². The first-order chi connectivity index (χ1) is 8.69. The zero-order valence-corrected chi connectivity index (χ0v) is 10.1. The van der Waals surface area contributed by atoms with Crippen LogP contribution < -0.4 is 11.1 Å². The lowest BCUT2D eigenvalue weighted by atomic mass is 10.4. The minimum absolute atomic E-state index is 0.0708. The van der Waals surface area contributed by atoms with Crippen LogP contribution >= 0.6 is 11.6 Å². The van der Waals surface area contributed by atoms with Crippen LogP contribution in [-0.4, -0.2) is 32.0 Å². The fourth-order valence-corrected chi connectivity index (χ4v) is 1.48. The lowest BCUT2D eigenvalue weighted by Gasteiger charge is -2.01. The Bertz CT molecular complexity index is 555. The molecule has 2 rings (SSSR count). The van der Waals surface area contributed by atoms with Crippen molar-refractivity contribution in [1.29, 1.82) is 0 Å². The minimum Gasteiger partial charge on any atom is -0.335 e. The summed E-state index contributed by atoms with van der Waals surface area (Å²) in [6.07, 6.45) is 4.62. The zero-order chi connectivity index (χ0) is 13.0. The number of aromatic nitrogens is 4. The van der Waals surface area contributed by atoms with E-state index in [-0.39, 0.29) is 16.9 Å². The van der Waals surface area contributed by atoms with E-state index in [1.165, 1.54) is 6.20 Å². The van der Waals surface area contributed by atoms with Crippen LogP contribution in [0.1, 0.15) is 10.5 Å². The number of anilines is 1. The van der Waals surface area contributed by atoms with Gasteiger partial charge in [-0.15, -0.1) is 0 Å². The van der Waals surface area contributed by atoms with Crippen LogP contribution in [0.5, 0.6) is 0 Å². The summed E-state index contributed by atoms with van der Waals surface area (Å²) in [6, 6.07) is 1.54. The Labute approximate surface area is 108 Å². The van der Waals surface area contributed by atoms with Crippen LogP contribution in [0.25, 0.3) is 0 Å². The van der Waals surface area contributed by atoms with Crippen LogP contribution in [0.3, 0.4) is 0 Å². The van der Waals surface area contributed by atoms with Crippen molar-refractivity contribution in [2.45, 2.75) is 6.54 Å². The van der Waals surface area contributed by atoms with Gasteiger partial charge in [0.25, 0.3) is 5.91 Å². The monoisotopic (exact) mass is 266 g/mol. The topological polar surface area (TPSA) is 98.7 Å². The molecule has 8 heteroatoms. The number of hydrogen-bond donors (Lipinski definition) is 2. The predicted molar refractivity (Wildman–Crippen MR) is 66.3 cm³/mol. The van der Waals surface area contributed by atoms with Gasteiger partial charge < -0.3 is 15.6 Å². The van der Waals surface area contributed by atoms with Crippen molar-refractivity contribution in [2.75, 3.05) is 11.9 Å². The third-order valence-corrected chi connectivity index (χ3v) is 2.30. The Morgan fingerprint density at radius 3 is 3.06 bits per heavy atom. The van der Waals surface area contributed by atoms with Crippen LogP contribution in [0.4, 0.5) is 5.82 Å². The first-order valence-corrected chi connectivity index (χ1v) is 5.58. The highest BCUT2D eigenvalue weighted by Crippen LogP contribution is 2.07. The molecule has 94 valence electrons. The number of nitrogens with zero attached hydrogens (tertiary/aromatic N) is 4. The third kappa shape index (κ3) is 3.02. The van der Waals surface area contributed by atoms with Crippen molar-refractivity contribution >= 4 is 23.3 Å². The largest absolute Gasteiger partial charge is 0.335 e. The number of carbonyl (C=O) groups excluding carboxylic acids is 1. The molecule has 0 aliphatic carbocycles. The lowest BCUT2D eigenvalue weighted by Crippen LogP contribution is -2.14. The normalized spacial score (nSPS) is 10.3. The Morgan fingerprint density at radius 1 is 1.50 bits per heavy atom. The van der Waals surface area contributed by atoms with Crippen molar-refractivity contribution in [3.8, 4) is 0 Å². The van der Waals surface area contributed by atoms with E-state index in [0.717, 1.165) is 0 Å². The molecule has 0 atom stereocenters. The molecule has 18 heavy (non-hydrogen) atoms. The first-order valence-electron chi connectivity index (χ1n) is 5.21. The molecule has 0 bridgehead atoms. The number of imidazole rings is 1. The summed E-state index contributed by atoms with van der Waals surface area (Å²) >= 11 is 5.61. The van der Waals surface area contributed by atoms with Crippen molar-refractivity contribution in [1.82, 2.24) is 19.5 Å². The van der Waals surface area contributed by atoms with E-state index in [1.807, 2.05) is 0 Å². The SMILES string of the molecule is NCCn1cnc(C(=O)Nc2ccnc(Cl)n2)c1. The lowest BCUT2D eigenvalue weighted by molar-refractivity contribution is 0.102. The summed E-state index contributed by atoms with van der Waals surface area (Å²) in [7, 11) is 0. The van der Waals surface area contributed by atoms with Crippen LogP contribution in [-0.2, 0) is 6.54 Å². The molecule has 7 nitrogen and oxygen atoms in total. The van der Waals surface area contributed by atoms with Gasteiger partial charge in [0.1, 0.15) is 11.5 Å². The van der Waals surface area contributed by atoms with E-state index in [1.54, 1.807) is 23.2 Å². The Morgan fingerprint density at radius 2 is 2.33 bits per heavy atom. The van der Waals surface area contributed by atoms with Gasteiger partial charge in [-0.05, 0) is 17.7 Å². The molecule has 0 radical (unpaired) electrons. The second kappa shape index (κ2) is 5.56. The van der Waals surface area contributed by atoms with Crippen LogP contribution in [0.2, 0.25) is 5.28 Å². The van der Waals surface area contributed by atoms with E-state index in [9.17, 15) is 4.79 Å². The third-order valence-electron chi connectivity index (χ3n) is 2.12. The molecular formula is C10H11ClN6O. The summed E-state index contributed by atoms with van der Waals surface area (Å²) in [4.78, 5) is 23.4. The average Bonchev–Trinajstić information content (AvgIpc) is 2.78. The van der Waals surface area contributed by atoms with Gasteiger partial charge in [0, 0.05) is 25.5 Å². The summed E-state index contributed by atoms with van der Waals surface area (Å²) in [5.41, 5.74) is 5.70. The standard InChI is InChI=1S/C10H11ClN6O/c11-10-13-3-1-8(16-10)15-9(18)7-5-17(4-2-12)6-14-7/h1,3,5-6H,2,4,12H2,(H,13,15,16,18). The van der Waals surface area contributed by atoms with E-state index in [2.05, 4.69) is 20.3 Å². The fraction of sp³-hybridized carbons (Fsp3) is 0.200. The van der Waals surface area contributed by atoms with Crippen molar-refractivity contribution in [3.05, 3.63) is 35.8 Å². The molecule has 1 amide bonds. The molecule has 2 heterocycles. The maximum atomic E-state index is 11.8. The number of rotatable bonds is 4. The number of halogens is 1. The van der Waals surface area contributed by atoms with Gasteiger partial charge in [-0.1, -0.05) is 0 Å². The summed E-state index contributed by atoms with van der Waals surface area (Å²) in [6.45, 7) is 1.10. The zero-order valence-electron chi connectivity index (χ0n) is 9.38. The number of nitrogens with two attached hydrogens (primary N) is 1. The van der Waals surface area contributed by atoms with Gasteiger partial charge in [0.05, 0.1) is 6.33 Å². The predicted octanol–water partition coefficient (Wildman–Crippen LogP) is 0.537. The molecule has 0 aliphatic rings. The second-order valence-corrected chi connectivity index (χ2v) is 3.79. The molecule has 3 N–H and O–H groups in total. The smallest absolute Gasteiger partial charge is 0.277 e. The van der Waals surface area contributed by atoms with Crippen molar-refractivity contribution < 1.29 is 4.79 Å². The van der Waals surface area contributed by atoms with Gasteiger partial charge in [0.2, 0.25) is 5.28 Å². The molecule has 0 saturated carbocycles. The Kier molecular flexibility index (Phi) is 3.85. The summed E-state index contributed by atoms with van der Waals surface area (Å²) in [5.74, 6) is -0.0334. The molecule has 2 aromatic heterocycles. The van der Waals surface area contributed by atoms with Gasteiger partial charge in [-0.3, -0.25) is 4.79 Å². The number of nitrogens with one attached hydrogen (secondary N) is 1. The molecule has 0 aliphatic heterocycles. The highest BCUT2D eigenvalue weighted by molar-refractivity contribution is 6.28. The number of hydrogen-bond acceptors (Lipinski definition) is 5. The number of amides is 1. The molecular weight excluding hydrogens is 256 g/mol. The first kappa shape index (κ1) is 12.5. The van der Waals surface area contributed by atoms with E-state index in [4.69, 9.17) is 17.3 Å². The molecule has 0 fully saturated rings. The summed E-state index contributed by atoms with van der Waals surface area (Å²) < 4.78 is 1.74. The maximum absolute atomic E-state index is 11.8. The van der Waals surface area contributed by atoms with Crippen molar-refractivity contribution in [3.63, 3.8) is 0 Å². The quantitative estimate of drug-likeness (QED) is 0.787. The number of carbonyl (C=O) groups is 1. The summed E-state index contributed by atoms with van der Waals surface area (Å²) in [5, 5.41) is 2.64. The average molecular weight is 267 g/mol. The molecule has 0 spiro atoms. The second-order valence-electron chi connectivity index (χ2n) is 3.45. The van der Waals surface area contributed by atoms with E-state index < -0.39 is 0 Å². The minimum atomic E-state index is -0.361. The highest BCUT2D eigenvalue weighted by Gasteiger charge is 2.10. The maximum Gasteiger partial charge on any atom is 0.277 e. The van der Waals surface area contributed by atoms with Crippen LogP contribution in [0.15, 0.2) is 24.8 Å². The molecule has 2 aromatic rings. The van der Waals surface area contributed by atoms with Gasteiger partial charge in [0.15, 0.2) is 0 Å². The molecule has 0 unspecified atom stereocenters. The fourth-order valence-electron chi connectivity index (χ4n) is 1.33. The van der Waals surface area contributed by atoms with E-state index in [0.29, 0.717) is 18.9 Å². The molecule has 0 saturated heterocycles. The van der Waals surface area contributed by atoms with E-state index >= 15 is 0 Å². The van der Waals surface area contributed by atoms with Gasteiger partial charge in [-0.2, -0.15) is 0 Å². The Hall–Kier alpha value is -1.99.